The van der Waals surface area contributed by atoms with E-state index in [1.807, 2.05) is 52.0 Å². The van der Waals surface area contributed by atoms with Crippen LogP contribution in [0.4, 0.5) is 0 Å². The molecule has 0 aliphatic rings. The largest absolute Gasteiger partial charge is 0.0991 e. The van der Waals surface area contributed by atoms with Crippen molar-refractivity contribution in [2.45, 2.75) is 27.7 Å². The first-order chi connectivity index (χ1) is 7.72. The molecule has 0 aromatic carbocycles. The molecule has 90 valence electrons. The Hall–Kier alpha value is -1.56. The summed E-state index contributed by atoms with van der Waals surface area (Å²) in [5.74, 6) is 0. The maximum absolute atomic E-state index is 3.83. The van der Waals surface area contributed by atoms with Crippen LogP contribution in [0.2, 0.25) is 0 Å². The second-order valence-corrected chi connectivity index (χ2v) is 2.24. The van der Waals surface area contributed by atoms with Gasteiger partial charge in [-0.15, -0.1) is 0 Å². The molecule has 0 aliphatic heterocycles. The Bertz CT molecular complexity index is 221. The van der Waals surface area contributed by atoms with Crippen LogP contribution in [0.25, 0.3) is 0 Å². The Morgan fingerprint density at radius 2 is 0.938 bits per heavy atom. The van der Waals surface area contributed by atoms with E-state index in [9.17, 15) is 0 Å². The number of hydrogen-bond acceptors (Lipinski definition) is 0. The van der Waals surface area contributed by atoms with Crippen LogP contribution in [0.15, 0.2) is 73.9 Å². The highest BCUT2D eigenvalue weighted by Crippen LogP contribution is 2.07. The molecule has 0 unspecified atom stereocenters. The van der Waals surface area contributed by atoms with E-state index in [2.05, 4.69) is 26.3 Å². The van der Waals surface area contributed by atoms with Crippen molar-refractivity contribution >= 4 is 0 Å². The molecule has 0 aromatic rings. The molecule has 0 aromatic heterocycles. The van der Waals surface area contributed by atoms with Gasteiger partial charge in [-0.1, -0.05) is 90.5 Å². The zero-order valence-corrected chi connectivity index (χ0v) is 11.3. The average Bonchev–Trinajstić information content (AvgIpc) is 2.37. The van der Waals surface area contributed by atoms with Crippen molar-refractivity contribution in [3.63, 3.8) is 0 Å². The van der Waals surface area contributed by atoms with Gasteiger partial charge in [0.15, 0.2) is 0 Å². The summed E-state index contributed by atoms with van der Waals surface area (Å²) in [7, 11) is 0. The lowest BCUT2D eigenvalue weighted by Gasteiger charge is -1.96. The zero-order valence-electron chi connectivity index (χ0n) is 11.3. The number of allylic oxidation sites excluding steroid dienone is 8. The van der Waals surface area contributed by atoms with Crippen LogP contribution < -0.4 is 0 Å². The van der Waals surface area contributed by atoms with Gasteiger partial charge in [0.2, 0.25) is 0 Å². The van der Waals surface area contributed by atoms with Crippen molar-refractivity contribution in [2.24, 2.45) is 0 Å². The predicted molar refractivity (Wildman–Crippen MR) is 79.7 cm³/mol. The molecule has 0 nitrogen and oxygen atoms in total. The van der Waals surface area contributed by atoms with Crippen LogP contribution in [-0.2, 0) is 0 Å². The third kappa shape index (κ3) is 14.9. The first kappa shape index (κ1) is 19.9. The molecule has 0 radical (unpaired) electrons. The van der Waals surface area contributed by atoms with Gasteiger partial charge in [0.1, 0.15) is 0 Å². The summed E-state index contributed by atoms with van der Waals surface area (Å²) >= 11 is 0. The molecule has 16 heavy (non-hydrogen) atoms. The Balaban J connectivity index is -0.000000376. The van der Waals surface area contributed by atoms with Gasteiger partial charge in [0, 0.05) is 0 Å². The zero-order chi connectivity index (χ0) is 13.4. The van der Waals surface area contributed by atoms with Crippen LogP contribution in [0.3, 0.4) is 0 Å². The first-order valence-corrected chi connectivity index (χ1v) is 5.68. The Labute approximate surface area is 102 Å². The molecule has 0 amide bonds. The molecular weight excluding hydrogens is 192 g/mol. The van der Waals surface area contributed by atoms with Crippen molar-refractivity contribution in [1.29, 1.82) is 0 Å². The summed E-state index contributed by atoms with van der Waals surface area (Å²) in [6.07, 6.45) is 10.8. The molecule has 0 heterocycles. The highest BCUT2D eigenvalue weighted by molar-refractivity contribution is 5.43. The SMILES string of the molecule is C=C/C=C\C(=C)C(=C)/C=C\C=C.CC.CC. The van der Waals surface area contributed by atoms with Crippen LogP contribution in [-0.4, -0.2) is 0 Å². The minimum atomic E-state index is 0.882. The van der Waals surface area contributed by atoms with E-state index in [1.54, 1.807) is 12.2 Å². The second-order valence-electron chi connectivity index (χ2n) is 2.24. The maximum Gasteiger partial charge on any atom is -0.0262 e. The standard InChI is InChI=1S/C12H14.2C2H6/c1-5-7-9-11(3)12(4)10-8-6-2;2*1-2/h5-10H,1-4H2;2*1-2H3/b9-7-,10-8-;;. The molecule has 0 atom stereocenters. The minimum absolute atomic E-state index is 0.882. The van der Waals surface area contributed by atoms with Gasteiger partial charge < -0.3 is 0 Å². The number of rotatable bonds is 5. The molecule has 0 aliphatic carbocycles. The molecule has 0 heteroatoms. The highest BCUT2D eigenvalue weighted by atomic mass is 13.9. The van der Waals surface area contributed by atoms with Gasteiger partial charge >= 0.3 is 0 Å². The van der Waals surface area contributed by atoms with E-state index in [0.717, 1.165) is 11.1 Å². The fraction of sp³-hybridized carbons (Fsp3) is 0.250. The molecule has 0 spiro atoms. The average molecular weight is 218 g/mol. The van der Waals surface area contributed by atoms with Gasteiger partial charge in [0.05, 0.1) is 0 Å². The summed E-state index contributed by atoms with van der Waals surface area (Å²) < 4.78 is 0. The van der Waals surface area contributed by atoms with E-state index >= 15 is 0 Å². The van der Waals surface area contributed by atoms with Crippen molar-refractivity contribution in [2.75, 3.05) is 0 Å². The summed E-state index contributed by atoms with van der Waals surface area (Å²) in [5.41, 5.74) is 1.76. The summed E-state index contributed by atoms with van der Waals surface area (Å²) in [6, 6.07) is 0. The van der Waals surface area contributed by atoms with Gasteiger partial charge in [-0.05, 0) is 11.1 Å². The Kier molecular flexibility index (Phi) is 23.8. The third-order valence-electron chi connectivity index (χ3n) is 1.28. The van der Waals surface area contributed by atoms with Crippen molar-refractivity contribution in [1.82, 2.24) is 0 Å². The van der Waals surface area contributed by atoms with E-state index < -0.39 is 0 Å². The summed E-state index contributed by atoms with van der Waals surface area (Å²) in [4.78, 5) is 0. The summed E-state index contributed by atoms with van der Waals surface area (Å²) in [5, 5.41) is 0. The fourth-order valence-electron chi connectivity index (χ4n) is 0.582. The quantitative estimate of drug-likeness (QED) is 0.524. The van der Waals surface area contributed by atoms with Gasteiger partial charge in [-0.25, -0.2) is 0 Å². The maximum atomic E-state index is 3.83. The highest BCUT2D eigenvalue weighted by Gasteiger charge is 1.88. The molecule has 0 saturated heterocycles. The van der Waals surface area contributed by atoms with E-state index in [0.29, 0.717) is 0 Å². The second kappa shape index (κ2) is 19.1. The molecule has 0 rings (SSSR count). The van der Waals surface area contributed by atoms with E-state index in [1.165, 1.54) is 0 Å². The van der Waals surface area contributed by atoms with Crippen molar-refractivity contribution < 1.29 is 0 Å². The van der Waals surface area contributed by atoms with Crippen LogP contribution in [0.5, 0.6) is 0 Å². The van der Waals surface area contributed by atoms with Gasteiger partial charge in [-0.3, -0.25) is 0 Å². The predicted octanol–water partition coefficient (Wildman–Crippen LogP) is 5.64. The lowest BCUT2D eigenvalue weighted by atomic mass is 10.1. The van der Waals surface area contributed by atoms with Gasteiger partial charge in [0.25, 0.3) is 0 Å². The Morgan fingerprint density at radius 3 is 1.12 bits per heavy atom. The lowest BCUT2D eigenvalue weighted by Crippen LogP contribution is -1.76. The fourth-order valence-corrected chi connectivity index (χ4v) is 0.582. The smallest absolute Gasteiger partial charge is 0.0262 e. The normalized spacial score (nSPS) is 8.50. The van der Waals surface area contributed by atoms with Crippen LogP contribution >= 0.6 is 0 Å². The minimum Gasteiger partial charge on any atom is -0.0991 e. The third-order valence-corrected chi connectivity index (χ3v) is 1.28. The van der Waals surface area contributed by atoms with Crippen molar-refractivity contribution in [3.05, 3.63) is 73.9 Å². The van der Waals surface area contributed by atoms with Crippen molar-refractivity contribution in [3.8, 4) is 0 Å². The summed E-state index contributed by atoms with van der Waals surface area (Å²) in [6.45, 7) is 22.8. The van der Waals surface area contributed by atoms with E-state index in [-0.39, 0.29) is 0 Å². The monoisotopic (exact) mass is 218 g/mol. The molecule has 0 fully saturated rings. The van der Waals surface area contributed by atoms with Crippen LogP contribution in [0, 0.1) is 0 Å². The van der Waals surface area contributed by atoms with Crippen LogP contribution in [0.1, 0.15) is 27.7 Å². The van der Waals surface area contributed by atoms with E-state index in [4.69, 9.17) is 0 Å². The Morgan fingerprint density at radius 1 is 0.688 bits per heavy atom. The molecule has 0 saturated carbocycles. The first-order valence-electron chi connectivity index (χ1n) is 5.68. The molecular formula is C16H26. The molecule has 0 bridgehead atoms. The topological polar surface area (TPSA) is 0 Å². The molecule has 0 N–H and O–H groups in total. The number of hydrogen-bond donors (Lipinski definition) is 0. The lowest BCUT2D eigenvalue weighted by molar-refractivity contribution is 1.50. The van der Waals surface area contributed by atoms with Gasteiger partial charge in [-0.2, -0.15) is 0 Å².